The topological polar surface area (TPSA) is 0 Å². The minimum atomic E-state index is 0.694. The molecule has 0 N–H and O–H groups in total. The van der Waals surface area contributed by atoms with Gasteiger partial charge in [0.25, 0.3) is 0 Å². The molecule has 4 fully saturated rings. The summed E-state index contributed by atoms with van der Waals surface area (Å²) >= 11 is 0. The van der Waals surface area contributed by atoms with Gasteiger partial charge in [-0.15, -0.1) is 0 Å². The molecule has 0 spiro atoms. The highest BCUT2D eigenvalue weighted by Crippen LogP contribution is 2.61. The van der Waals surface area contributed by atoms with Crippen LogP contribution >= 0.6 is 0 Å². The molecule has 4 aliphatic rings. The molecule has 4 bridgehead atoms. The first kappa shape index (κ1) is 11.8. The minimum absolute atomic E-state index is 0.694. The zero-order valence-electron chi connectivity index (χ0n) is 11.7. The number of hydrogen-bond donors (Lipinski definition) is 0. The third kappa shape index (κ3) is 2.26. The van der Waals surface area contributed by atoms with Crippen LogP contribution in [0.25, 0.3) is 6.08 Å². The Morgan fingerprint density at radius 1 is 0.895 bits per heavy atom. The first-order valence-electron chi connectivity index (χ1n) is 8.03. The molecule has 0 heteroatoms. The first-order chi connectivity index (χ1) is 9.31. The van der Waals surface area contributed by atoms with Crippen molar-refractivity contribution in [2.75, 3.05) is 0 Å². The molecule has 4 aliphatic carbocycles. The lowest BCUT2D eigenvalue weighted by Crippen LogP contribution is -2.45. The van der Waals surface area contributed by atoms with Gasteiger partial charge in [0.15, 0.2) is 0 Å². The van der Waals surface area contributed by atoms with Crippen LogP contribution in [0.5, 0.6) is 0 Å². The minimum Gasteiger partial charge on any atom is -0.0834 e. The molecule has 0 aliphatic heterocycles. The van der Waals surface area contributed by atoms with Crippen LogP contribution in [0.15, 0.2) is 36.4 Å². The van der Waals surface area contributed by atoms with E-state index in [0.717, 1.165) is 17.8 Å². The Morgan fingerprint density at radius 2 is 1.47 bits per heavy atom. The summed E-state index contributed by atoms with van der Waals surface area (Å²) in [5, 5.41) is 0. The molecule has 0 nitrogen and oxygen atoms in total. The van der Waals surface area contributed by atoms with E-state index in [-0.39, 0.29) is 0 Å². The SMILES string of the molecule is C(=Cc1ccccc1)CC12CC3CC(CC(C3)C1)C2. The van der Waals surface area contributed by atoms with Gasteiger partial charge >= 0.3 is 0 Å². The van der Waals surface area contributed by atoms with Crippen LogP contribution in [0.2, 0.25) is 0 Å². The molecule has 0 aromatic heterocycles. The highest BCUT2D eigenvalue weighted by atomic mass is 14.5. The third-order valence-electron chi connectivity index (χ3n) is 5.83. The van der Waals surface area contributed by atoms with Gasteiger partial charge < -0.3 is 0 Å². The fourth-order valence-electron chi connectivity index (χ4n) is 5.55. The lowest BCUT2D eigenvalue weighted by atomic mass is 9.49. The zero-order chi connectivity index (χ0) is 12.7. The monoisotopic (exact) mass is 252 g/mol. The van der Waals surface area contributed by atoms with E-state index in [2.05, 4.69) is 42.5 Å². The molecule has 0 atom stereocenters. The highest BCUT2D eigenvalue weighted by Gasteiger charge is 2.49. The zero-order valence-corrected chi connectivity index (χ0v) is 11.7. The summed E-state index contributed by atoms with van der Waals surface area (Å²) in [6, 6.07) is 10.8. The van der Waals surface area contributed by atoms with Crippen molar-refractivity contribution in [3.8, 4) is 0 Å². The van der Waals surface area contributed by atoms with Gasteiger partial charge in [-0.1, -0.05) is 42.5 Å². The molecular formula is C19H24. The molecule has 5 rings (SSSR count). The van der Waals surface area contributed by atoms with Gasteiger partial charge in [-0.25, -0.2) is 0 Å². The van der Waals surface area contributed by atoms with Crippen molar-refractivity contribution in [3.05, 3.63) is 42.0 Å². The summed E-state index contributed by atoms with van der Waals surface area (Å²) in [7, 11) is 0. The summed E-state index contributed by atoms with van der Waals surface area (Å²) in [6.45, 7) is 0. The maximum atomic E-state index is 2.46. The van der Waals surface area contributed by atoms with Crippen molar-refractivity contribution in [3.63, 3.8) is 0 Å². The average molecular weight is 252 g/mol. The van der Waals surface area contributed by atoms with Crippen LogP contribution in [-0.4, -0.2) is 0 Å². The average Bonchev–Trinajstić information content (AvgIpc) is 2.38. The molecule has 0 radical (unpaired) electrons. The largest absolute Gasteiger partial charge is 0.0834 e. The van der Waals surface area contributed by atoms with Gasteiger partial charge in [0, 0.05) is 0 Å². The van der Waals surface area contributed by atoms with Crippen molar-refractivity contribution < 1.29 is 0 Å². The number of rotatable bonds is 3. The Balaban J connectivity index is 1.47. The lowest BCUT2D eigenvalue weighted by molar-refractivity contribution is -0.0505. The second-order valence-electron chi connectivity index (χ2n) is 7.43. The van der Waals surface area contributed by atoms with Crippen molar-refractivity contribution >= 4 is 6.08 Å². The van der Waals surface area contributed by atoms with Crippen molar-refractivity contribution in [1.82, 2.24) is 0 Å². The standard InChI is InChI=1S/C19H24/c1-2-5-15(6-3-1)7-4-8-19-12-16-9-17(13-19)11-18(10-16)14-19/h1-7,16-18H,8-14H2. The summed E-state index contributed by atoms with van der Waals surface area (Å²) < 4.78 is 0. The second kappa shape index (κ2) is 4.51. The normalized spacial score (nSPS) is 40.1. The molecule has 19 heavy (non-hydrogen) atoms. The molecule has 0 heterocycles. The Morgan fingerprint density at radius 3 is 2.05 bits per heavy atom. The molecule has 1 aromatic carbocycles. The van der Waals surface area contributed by atoms with Gasteiger partial charge in [0.2, 0.25) is 0 Å². The molecule has 100 valence electrons. The van der Waals surface area contributed by atoms with Crippen LogP contribution in [-0.2, 0) is 0 Å². The lowest BCUT2D eigenvalue weighted by Gasteiger charge is -2.56. The van der Waals surface area contributed by atoms with E-state index in [0.29, 0.717) is 5.41 Å². The van der Waals surface area contributed by atoms with E-state index < -0.39 is 0 Å². The first-order valence-corrected chi connectivity index (χ1v) is 8.03. The molecule has 4 saturated carbocycles. The summed E-state index contributed by atoms with van der Waals surface area (Å²) in [5.74, 6) is 3.24. The van der Waals surface area contributed by atoms with Gasteiger partial charge in [-0.3, -0.25) is 0 Å². The summed E-state index contributed by atoms with van der Waals surface area (Å²) in [4.78, 5) is 0. The Kier molecular flexibility index (Phi) is 2.79. The third-order valence-corrected chi connectivity index (χ3v) is 5.83. The maximum Gasteiger partial charge on any atom is -0.0255 e. The fourth-order valence-corrected chi connectivity index (χ4v) is 5.55. The molecule has 0 saturated heterocycles. The van der Waals surface area contributed by atoms with Gasteiger partial charge in [-0.2, -0.15) is 0 Å². The van der Waals surface area contributed by atoms with Crippen LogP contribution < -0.4 is 0 Å². The van der Waals surface area contributed by atoms with Crippen LogP contribution in [0.4, 0.5) is 0 Å². The van der Waals surface area contributed by atoms with Gasteiger partial charge in [0.1, 0.15) is 0 Å². The van der Waals surface area contributed by atoms with Crippen LogP contribution in [0, 0.1) is 23.2 Å². The summed E-state index contributed by atoms with van der Waals surface area (Å²) in [5.41, 5.74) is 2.05. The van der Waals surface area contributed by atoms with E-state index in [1.165, 1.54) is 31.2 Å². The van der Waals surface area contributed by atoms with Crippen molar-refractivity contribution in [2.24, 2.45) is 23.2 Å². The van der Waals surface area contributed by atoms with E-state index in [1.807, 2.05) is 0 Å². The molecule has 0 unspecified atom stereocenters. The van der Waals surface area contributed by atoms with Crippen molar-refractivity contribution in [2.45, 2.75) is 44.9 Å². The van der Waals surface area contributed by atoms with E-state index in [1.54, 1.807) is 19.3 Å². The second-order valence-corrected chi connectivity index (χ2v) is 7.43. The number of hydrogen-bond acceptors (Lipinski definition) is 0. The van der Waals surface area contributed by atoms with Crippen molar-refractivity contribution in [1.29, 1.82) is 0 Å². The molecular weight excluding hydrogens is 228 g/mol. The Labute approximate surface area is 116 Å². The quantitative estimate of drug-likeness (QED) is 0.684. The van der Waals surface area contributed by atoms with E-state index in [4.69, 9.17) is 0 Å². The number of allylic oxidation sites excluding steroid dienone is 1. The predicted octanol–water partition coefficient (Wildman–Crippen LogP) is 5.31. The highest BCUT2D eigenvalue weighted by molar-refractivity contribution is 5.48. The van der Waals surface area contributed by atoms with Gasteiger partial charge in [0.05, 0.1) is 0 Å². The maximum absolute atomic E-state index is 2.46. The van der Waals surface area contributed by atoms with Gasteiger partial charge in [-0.05, 0) is 73.7 Å². The van der Waals surface area contributed by atoms with Crippen LogP contribution in [0.3, 0.4) is 0 Å². The molecule has 0 amide bonds. The summed E-state index contributed by atoms with van der Waals surface area (Å²) in [6.07, 6.45) is 15.4. The Bertz CT molecular complexity index is 433. The predicted molar refractivity (Wildman–Crippen MR) is 80.7 cm³/mol. The molecule has 1 aromatic rings. The van der Waals surface area contributed by atoms with E-state index >= 15 is 0 Å². The smallest absolute Gasteiger partial charge is 0.0255 e. The van der Waals surface area contributed by atoms with E-state index in [9.17, 15) is 0 Å². The number of benzene rings is 1. The Hall–Kier alpha value is -1.04. The fraction of sp³-hybridized carbons (Fsp3) is 0.579. The van der Waals surface area contributed by atoms with Crippen LogP contribution in [0.1, 0.15) is 50.5 Å².